The Labute approximate surface area is 78.2 Å². The van der Waals surface area contributed by atoms with Crippen molar-refractivity contribution in [3.05, 3.63) is 29.8 Å². The van der Waals surface area contributed by atoms with Gasteiger partial charge in [0.2, 0.25) is 0 Å². The Hall–Kier alpha value is -0.0213. The Morgan fingerprint density at radius 3 is 2.45 bits per heavy atom. The van der Waals surface area contributed by atoms with Gasteiger partial charge in [0.05, 0.1) is 0 Å². The summed E-state index contributed by atoms with van der Waals surface area (Å²) in [6.45, 7) is 2.05. The zero-order chi connectivity index (χ0) is 8.27. The molecule has 1 nitrogen and oxygen atoms in total. The molecule has 0 fully saturated rings. The van der Waals surface area contributed by atoms with Crippen LogP contribution < -0.4 is 9.31 Å². The molecule has 56 valence electrons. The number of hydrogen-bond donors (Lipinski definition) is 1. The molecule has 0 spiro atoms. The molecule has 0 amide bonds. The first kappa shape index (κ1) is 9.07. The van der Waals surface area contributed by atoms with E-state index < -0.39 is 0 Å². The minimum absolute atomic E-state index is 0.201. The fourth-order valence-corrected chi connectivity index (χ4v) is 3.58. The molecule has 11 heavy (non-hydrogen) atoms. The van der Waals surface area contributed by atoms with E-state index in [1.165, 1.54) is 9.14 Å². The van der Waals surface area contributed by atoms with Crippen molar-refractivity contribution in [2.24, 2.45) is 5.73 Å². The van der Waals surface area contributed by atoms with Gasteiger partial charge in [-0.1, -0.05) is 0 Å². The summed E-state index contributed by atoms with van der Waals surface area (Å²) in [6.07, 6.45) is 0. The van der Waals surface area contributed by atoms with Crippen LogP contribution in [0.15, 0.2) is 24.3 Å². The topological polar surface area (TPSA) is 26.0 Å². The molecule has 0 saturated carbocycles. The molecule has 0 aliphatic heterocycles. The Morgan fingerprint density at radius 1 is 1.36 bits per heavy atom. The molecule has 0 aromatic heterocycles. The molecule has 1 unspecified atom stereocenters. The fourth-order valence-electron chi connectivity index (χ4n) is 1.12. The summed E-state index contributed by atoms with van der Waals surface area (Å²) in [5, 5.41) is 0. The standard InChI is InChI=1S/C8H10N.CH3.Sn/c1-7(9)8-5-3-2-4-6-8;;/h2-5,7H,9H2,1H3;1H3;/q;;+2. The van der Waals surface area contributed by atoms with Crippen LogP contribution in [-0.4, -0.2) is 21.1 Å². The van der Waals surface area contributed by atoms with Crippen LogP contribution in [0.3, 0.4) is 0 Å². The monoisotopic (exact) mass is 255 g/mol. The summed E-state index contributed by atoms with van der Waals surface area (Å²) in [7, 11) is 0. The molecule has 2 heteroatoms. The maximum atomic E-state index is 5.82. The van der Waals surface area contributed by atoms with Crippen LogP contribution in [0.25, 0.3) is 0 Å². The normalized spacial score (nSPS) is 12.3. The molecule has 1 rings (SSSR count). The third kappa shape index (κ3) is 2.20. The van der Waals surface area contributed by atoms with Crippen molar-refractivity contribution >= 4 is 24.7 Å². The molecule has 0 saturated heterocycles. The van der Waals surface area contributed by atoms with E-state index in [1.807, 2.05) is 6.92 Å². The molecule has 0 aliphatic carbocycles. The second kappa shape index (κ2) is 4.12. The summed E-state index contributed by atoms with van der Waals surface area (Å²) in [4.78, 5) is 2.32. The van der Waals surface area contributed by atoms with Crippen molar-refractivity contribution in [1.82, 2.24) is 0 Å². The molecule has 1 aromatic carbocycles. The number of benzene rings is 1. The molecule has 0 radical (unpaired) electrons. The summed E-state index contributed by atoms with van der Waals surface area (Å²) >= 11 is -0.313. The number of hydrogen-bond acceptors (Lipinski definition) is 1. The van der Waals surface area contributed by atoms with Crippen LogP contribution in [0.2, 0.25) is 4.94 Å². The van der Waals surface area contributed by atoms with Gasteiger partial charge in [0.25, 0.3) is 0 Å². The van der Waals surface area contributed by atoms with Crippen molar-refractivity contribution in [2.75, 3.05) is 0 Å². The molecule has 2 N–H and O–H groups in total. The van der Waals surface area contributed by atoms with Crippen molar-refractivity contribution in [3.63, 3.8) is 0 Å². The maximum absolute atomic E-state index is 5.82. The molecule has 1 atom stereocenters. The first-order valence-corrected chi connectivity index (χ1v) is 8.06. The Kier molecular flexibility index (Phi) is 3.39. The van der Waals surface area contributed by atoms with Crippen molar-refractivity contribution in [1.29, 1.82) is 0 Å². The predicted octanol–water partition coefficient (Wildman–Crippen LogP) is 1.08. The second-order valence-corrected chi connectivity index (χ2v) is 5.59. The zero-order valence-electron chi connectivity index (χ0n) is 6.96. The Morgan fingerprint density at radius 2 is 2.00 bits per heavy atom. The molecular weight excluding hydrogens is 241 g/mol. The SMILES string of the molecule is [CH3][Sn+2][c]1ccccc1C(C)N. The second-order valence-electron chi connectivity index (χ2n) is 2.63. The minimum atomic E-state index is -0.313. The molecule has 0 heterocycles. The van der Waals surface area contributed by atoms with Crippen molar-refractivity contribution < 1.29 is 0 Å². The molecule has 1 aromatic rings. The van der Waals surface area contributed by atoms with Crippen LogP contribution >= 0.6 is 0 Å². The Bertz CT molecular complexity index is 233. The van der Waals surface area contributed by atoms with Crippen LogP contribution in [0.4, 0.5) is 0 Å². The van der Waals surface area contributed by atoms with Gasteiger partial charge in [-0.3, -0.25) is 0 Å². The average Bonchev–Trinajstić information content (AvgIpc) is 2.04. The van der Waals surface area contributed by atoms with E-state index in [0.29, 0.717) is 0 Å². The van der Waals surface area contributed by atoms with E-state index in [1.54, 1.807) is 0 Å². The van der Waals surface area contributed by atoms with Crippen molar-refractivity contribution in [2.45, 2.75) is 17.9 Å². The van der Waals surface area contributed by atoms with Gasteiger partial charge in [0.1, 0.15) is 0 Å². The van der Waals surface area contributed by atoms with E-state index in [-0.39, 0.29) is 27.2 Å². The first-order chi connectivity index (χ1) is 5.25. The van der Waals surface area contributed by atoms with E-state index in [2.05, 4.69) is 29.2 Å². The molecular formula is C9H13NSn+2. The number of nitrogens with two attached hydrogens (primary N) is 1. The van der Waals surface area contributed by atoms with E-state index >= 15 is 0 Å². The van der Waals surface area contributed by atoms with E-state index in [0.717, 1.165) is 0 Å². The predicted molar refractivity (Wildman–Crippen MR) is 50.3 cm³/mol. The Balaban J connectivity index is 3.02. The van der Waals surface area contributed by atoms with Crippen LogP contribution in [0.5, 0.6) is 0 Å². The average molecular weight is 254 g/mol. The third-order valence-corrected chi connectivity index (χ3v) is 4.56. The van der Waals surface area contributed by atoms with Crippen molar-refractivity contribution in [3.8, 4) is 0 Å². The van der Waals surface area contributed by atoms with E-state index in [4.69, 9.17) is 5.73 Å². The first-order valence-electron chi connectivity index (χ1n) is 3.78. The number of rotatable bonds is 2. The third-order valence-electron chi connectivity index (χ3n) is 1.72. The van der Waals surface area contributed by atoms with Crippen LogP contribution in [0.1, 0.15) is 18.5 Å². The van der Waals surface area contributed by atoms with Gasteiger partial charge in [-0.05, 0) is 0 Å². The molecule has 0 aliphatic rings. The summed E-state index contributed by atoms with van der Waals surface area (Å²) in [5.41, 5.74) is 7.17. The van der Waals surface area contributed by atoms with Gasteiger partial charge >= 0.3 is 78.2 Å². The summed E-state index contributed by atoms with van der Waals surface area (Å²) in [5.74, 6) is 0. The quantitative estimate of drug-likeness (QED) is 0.785. The van der Waals surface area contributed by atoms with Gasteiger partial charge in [-0.2, -0.15) is 0 Å². The van der Waals surface area contributed by atoms with Gasteiger partial charge in [-0.15, -0.1) is 0 Å². The molecule has 0 bridgehead atoms. The van der Waals surface area contributed by atoms with Gasteiger partial charge in [0, 0.05) is 0 Å². The van der Waals surface area contributed by atoms with Crippen LogP contribution in [-0.2, 0) is 0 Å². The fraction of sp³-hybridized carbons (Fsp3) is 0.333. The summed E-state index contributed by atoms with van der Waals surface area (Å²) < 4.78 is 1.53. The van der Waals surface area contributed by atoms with Gasteiger partial charge < -0.3 is 0 Å². The summed E-state index contributed by atoms with van der Waals surface area (Å²) in [6, 6.07) is 8.73. The zero-order valence-corrected chi connectivity index (χ0v) is 9.82. The van der Waals surface area contributed by atoms with E-state index in [9.17, 15) is 0 Å². The van der Waals surface area contributed by atoms with Gasteiger partial charge in [-0.25, -0.2) is 0 Å². The van der Waals surface area contributed by atoms with Gasteiger partial charge in [0.15, 0.2) is 0 Å². The van der Waals surface area contributed by atoms with Crippen LogP contribution in [0, 0.1) is 0 Å².